The van der Waals surface area contributed by atoms with E-state index in [-0.39, 0.29) is 32.5 Å². The van der Waals surface area contributed by atoms with Gasteiger partial charge in [0.05, 0.1) is 81.5 Å². The Hall–Kier alpha value is -11.3. The van der Waals surface area contributed by atoms with Gasteiger partial charge in [0.1, 0.15) is 63.9 Å². The molecular formula is C84H76N5O10. The van der Waals surface area contributed by atoms with Gasteiger partial charge < -0.3 is 52.7 Å². The molecule has 0 saturated carbocycles. The molecule has 0 spiro atoms. The Morgan fingerprint density at radius 1 is 0.424 bits per heavy atom. The summed E-state index contributed by atoms with van der Waals surface area (Å²) in [6.07, 6.45) is 5.23. The number of rotatable bonds is 27. The Bertz CT molecular complexity index is 4360. The van der Waals surface area contributed by atoms with Crippen LogP contribution in [-0.4, -0.2) is 81.4 Å². The molecule has 15 nitrogen and oxygen atoms in total. The number of nitrogens with one attached hydrogen (secondary N) is 1. The maximum Gasteiger partial charge on any atom is 0.167 e. The molecule has 1 fully saturated rings. The molecule has 0 unspecified atom stereocenters. The van der Waals surface area contributed by atoms with Crippen molar-refractivity contribution in [1.82, 2.24) is 19.5 Å². The zero-order valence-electron chi connectivity index (χ0n) is 56.0. The molecule has 12 aromatic rings. The van der Waals surface area contributed by atoms with Crippen molar-refractivity contribution in [3.05, 3.63) is 341 Å². The molecule has 497 valence electrons. The Labute approximate surface area is 577 Å². The molecule has 0 amide bonds. The minimum absolute atomic E-state index is 0.161. The normalized spacial score (nSPS) is 13.8. The standard InChI is InChI=1S/C84H76N5O10/c1-90-71-36-24-65(25-37-71)82(62-18-10-7-11-19-62,66-26-38-72(91-2)39-27-66)96-54-60-51-59(52-61(53-60)55-97-83(63-20-12-8-13-21-63,67-28-40-73(92-3)41-29-67)68-30-42-74(93-4)43-31-68)17-16-50-85-80-79-81(87-57-86-80)89(58-88-79)78-49-48-77(99-78)56-98-84(64-22-14-9-15-23-64,69-32-44-75(94-5)45-33-69)70-34-46-76(95-6)47-35-70/h7-15,18-48,51-53,57-58,77-78H,49-50,54-56H2,1-6H3,(H,85,86,87)/t77-,78-/m1/s1. The number of fused-ring (bicyclic) bond motifs is 1. The van der Waals surface area contributed by atoms with Crippen LogP contribution < -0.4 is 33.7 Å². The van der Waals surface area contributed by atoms with E-state index in [1.165, 1.54) is 6.33 Å². The highest BCUT2D eigenvalue weighted by molar-refractivity contribution is 5.83. The van der Waals surface area contributed by atoms with Crippen LogP contribution in [0.15, 0.2) is 267 Å². The molecule has 1 radical (unpaired) electrons. The van der Waals surface area contributed by atoms with E-state index < -0.39 is 23.0 Å². The predicted octanol–water partition coefficient (Wildman–Crippen LogP) is 15.9. The van der Waals surface area contributed by atoms with Gasteiger partial charge in [-0.1, -0.05) is 182 Å². The quantitative estimate of drug-likeness (QED) is 0.0384. The second-order valence-electron chi connectivity index (χ2n) is 23.7. The van der Waals surface area contributed by atoms with Crippen molar-refractivity contribution in [2.45, 2.75) is 48.8 Å². The third-order valence-corrected chi connectivity index (χ3v) is 18.1. The third kappa shape index (κ3) is 13.9. The largest absolute Gasteiger partial charge is 0.497 e. The molecule has 1 N–H and O–H groups in total. The van der Waals surface area contributed by atoms with Gasteiger partial charge in [-0.3, -0.25) is 4.57 Å². The number of hydrogen-bond acceptors (Lipinski definition) is 14. The average Bonchev–Trinajstić information content (AvgIpc) is 1.49. The average molecular weight is 1320 g/mol. The molecule has 1 aliphatic rings. The lowest BCUT2D eigenvalue weighted by Crippen LogP contribution is -2.35. The number of methoxy groups -OCH3 is 6. The van der Waals surface area contributed by atoms with E-state index in [4.69, 9.17) is 57.3 Å². The topological polar surface area (TPSA) is 148 Å². The molecule has 15 heteroatoms. The van der Waals surface area contributed by atoms with Crippen LogP contribution in [0.2, 0.25) is 0 Å². The van der Waals surface area contributed by atoms with Gasteiger partial charge in [0.15, 0.2) is 17.0 Å². The van der Waals surface area contributed by atoms with Gasteiger partial charge in [-0.15, -0.1) is 0 Å². The first-order chi connectivity index (χ1) is 48.7. The van der Waals surface area contributed by atoms with E-state index >= 15 is 0 Å². The van der Waals surface area contributed by atoms with Crippen LogP contribution in [0.4, 0.5) is 5.82 Å². The first-order valence-corrected chi connectivity index (χ1v) is 32.7. The second-order valence-corrected chi connectivity index (χ2v) is 23.7. The van der Waals surface area contributed by atoms with E-state index in [1.807, 2.05) is 156 Å². The zero-order chi connectivity index (χ0) is 68.0. The van der Waals surface area contributed by atoms with Crippen molar-refractivity contribution in [2.24, 2.45) is 0 Å². The highest BCUT2D eigenvalue weighted by atomic mass is 16.6. The lowest BCUT2D eigenvalue weighted by molar-refractivity contribution is -0.0702. The van der Waals surface area contributed by atoms with E-state index in [0.717, 1.165) is 101 Å². The first kappa shape index (κ1) is 66.4. The number of nitrogens with zero attached hydrogens (tertiary/aromatic N) is 4. The minimum Gasteiger partial charge on any atom is -0.497 e. The van der Waals surface area contributed by atoms with Crippen LogP contribution >= 0.6 is 0 Å². The second kappa shape index (κ2) is 30.4. The van der Waals surface area contributed by atoms with E-state index in [0.29, 0.717) is 23.4 Å². The summed E-state index contributed by atoms with van der Waals surface area (Å²) in [7, 11) is 9.99. The van der Waals surface area contributed by atoms with Gasteiger partial charge in [-0.25, -0.2) is 15.0 Å². The van der Waals surface area contributed by atoms with E-state index in [9.17, 15) is 0 Å². The van der Waals surface area contributed by atoms with E-state index in [1.54, 1.807) is 49.0 Å². The summed E-state index contributed by atoms with van der Waals surface area (Å²) in [6.45, 7) is 0.787. The van der Waals surface area contributed by atoms with Crippen LogP contribution in [0.1, 0.15) is 79.4 Å². The first-order valence-electron chi connectivity index (χ1n) is 32.7. The summed E-state index contributed by atoms with van der Waals surface area (Å²) >= 11 is 0. The monoisotopic (exact) mass is 1310 g/mol. The number of benzene rings is 10. The van der Waals surface area contributed by atoms with Crippen molar-refractivity contribution in [2.75, 3.05) is 61.1 Å². The van der Waals surface area contributed by atoms with Gasteiger partial charge >= 0.3 is 0 Å². The van der Waals surface area contributed by atoms with Crippen molar-refractivity contribution in [1.29, 1.82) is 0 Å². The summed E-state index contributed by atoms with van der Waals surface area (Å²) in [6, 6.07) is 85.2. The number of imidazole rings is 1. The van der Waals surface area contributed by atoms with Crippen molar-refractivity contribution in [3.63, 3.8) is 0 Å². The van der Waals surface area contributed by atoms with Gasteiger partial charge in [0.2, 0.25) is 0 Å². The molecule has 0 aliphatic carbocycles. The molecule has 0 bridgehead atoms. The Morgan fingerprint density at radius 2 is 0.778 bits per heavy atom. The lowest BCUT2D eigenvalue weighted by Gasteiger charge is -2.37. The van der Waals surface area contributed by atoms with Crippen molar-refractivity contribution >= 4 is 17.0 Å². The number of hydrogen-bond donors (Lipinski definition) is 1. The van der Waals surface area contributed by atoms with Gasteiger partial charge in [0.25, 0.3) is 0 Å². The molecule has 2 aromatic heterocycles. The summed E-state index contributed by atoms with van der Waals surface area (Å²) in [4.78, 5) is 14.3. The van der Waals surface area contributed by atoms with Crippen LogP contribution in [-0.2, 0) is 49.0 Å². The Kier molecular flexibility index (Phi) is 20.4. The molecule has 3 heterocycles. The predicted molar refractivity (Wildman–Crippen MR) is 382 cm³/mol. The molecule has 10 aromatic carbocycles. The minimum atomic E-state index is -1.10. The highest BCUT2D eigenvalue weighted by Crippen LogP contribution is 2.47. The van der Waals surface area contributed by atoms with E-state index in [2.05, 4.69) is 132 Å². The van der Waals surface area contributed by atoms with Crippen LogP contribution in [0.25, 0.3) is 11.2 Å². The maximum absolute atomic E-state index is 7.53. The SMILES string of the molecule is COc1ccc(C(OCc2cc(C#CCNc3ncnc4c3ncn4[C@H]3C[CH][C@H](COC(c4ccccc4)(c4ccc(OC)cc4)c4ccc(OC)cc4)O3)cc(COC(c3ccccc3)(c3ccc(OC)cc3)c3ccc(OC)cc3)c2)(c2ccccc2)c2ccc(OC)cc2)cc1. The summed E-state index contributed by atoms with van der Waals surface area (Å²) in [5, 5.41) is 3.46. The Morgan fingerprint density at radius 3 is 1.14 bits per heavy atom. The Balaban J connectivity index is 0.807. The summed E-state index contributed by atoms with van der Waals surface area (Å²) in [5.41, 5.74) is 8.74. The molecule has 13 rings (SSSR count). The number of anilines is 1. The fraction of sp³-hybridized carbons (Fsp3) is 0.190. The third-order valence-electron chi connectivity index (χ3n) is 18.1. The molecular weight excluding hydrogens is 1240 g/mol. The van der Waals surface area contributed by atoms with Crippen LogP contribution in [0, 0.1) is 18.3 Å². The fourth-order valence-electron chi connectivity index (χ4n) is 13.1. The highest BCUT2D eigenvalue weighted by Gasteiger charge is 2.42. The van der Waals surface area contributed by atoms with Crippen molar-refractivity contribution in [3.8, 4) is 46.3 Å². The summed E-state index contributed by atoms with van der Waals surface area (Å²) < 4.78 is 64.9. The smallest absolute Gasteiger partial charge is 0.167 e. The van der Waals surface area contributed by atoms with Gasteiger partial charge in [-0.05, 0) is 159 Å². The molecule has 1 aliphatic heterocycles. The number of ether oxygens (including phenoxy) is 10. The fourth-order valence-corrected chi connectivity index (χ4v) is 13.1. The zero-order valence-corrected chi connectivity index (χ0v) is 56.0. The van der Waals surface area contributed by atoms with Gasteiger partial charge in [-0.2, -0.15) is 0 Å². The van der Waals surface area contributed by atoms with Crippen molar-refractivity contribution < 1.29 is 47.4 Å². The number of aromatic nitrogens is 4. The molecule has 99 heavy (non-hydrogen) atoms. The maximum atomic E-state index is 7.53. The lowest BCUT2D eigenvalue weighted by atomic mass is 9.80. The summed E-state index contributed by atoms with van der Waals surface area (Å²) in [5.74, 6) is 11.8. The van der Waals surface area contributed by atoms with Gasteiger partial charge in [0, 0.05) is 5.56 Å². The van der Waals surface area contributed by atoms with Crippen LogP contribution in [0.5, 0.6) is 34.5 Å². The molecule has 2 atom stereocenters. The van der Waals surface area contributed by atoms with Crippen LogP contribution in [0.3, 0.4) is 0 Å². The molecule has 1 saturated heterocycles.